The summed E-state index contributed by atoms with van der Waals surface area (Å²) in [6.07, 6.45) is 0. The molecule has 8 nitrogen and oxygen atoms in total. The molecule has 1 atom stereocenters. The van der Waals surface area contributed by atoms with Crippen molar-refractivity contribution in [1.82, 2.24) is 10.9 Å². The number of ether oxygens (including phenoxy) is 2. The van der Waals surface area contributed by atoms with Gasteiger partial charge in [0.15, 0.2) is 11.5 Å². The van der Waals surface area contributed by atoms with Crippen molar-refractivity contribution < 1.29 is 23.9 Å². The first-order chi connectivity index (χ1) is 13.9. The Balaban J connectivity index is 1.41. The molecule has 2 aromatic carbocycles. The summed E-state index contributed by atoms with van der Waals surface area (Å²) in [6, 6.07) is 12.2. The van der Waals surface area contributed by atoms with Gasteiger partial charge in [0.25, 0.3) is 11.8 Å². The van der Waals surface area contributed by atoms with E-state index < -0.39 is 17.1 Å². The van der Waals surface area contributed by atoms with Crippen LogP contribution in [0.5, 0.6) is 11.5 Å². The van der Waals surface area contributed by atoms with Gasteiger partial charge in [-0.25, -0.2) is 0 Å². The van der Waals surface area contributed by atoms with E-state index >= 15 is 0 Å². The first-order valence-electron chi connectivity index (χ1n) is 8.90. The second kappa shape index (κ2) is 9.33. The van der Waals surface area contributed by atoms with E-state index in [1.165, 1.54) is 17.8 Å². The molecule has 9 heteroatoms. The van der Waals surface area contributed by atoms with Crippen molar-refractivity contribution in [3.8, 4) is 11.5 Å². The summed E-state index contributed by atoms with van der Waals surface area (Å²) in [5.74, 6) is 0.0616. The number of carbonyl (C=O) groups excluding carboxylic acids is 3. The van der Waals surface area contributed by atoms with Crippen LogP contribution in [0.15, 0.2) is 42.5 Å². The maximum atomic E-state index is 12.2. The number of hydrazine groups is 1. The largest absolute Gasteiger partial charge is 0.454 e. The minimum Gasteiger partial charge on any atom is -0.454 e. The maximum Gasteiger partial charge on any atom is 0.269 e. The molecule has 0 unspecified atom stereocenters. The Morgan fingerprint density at radius 3 is 2.52 bits per heavy atom. The SMILES string of the molecule is Cc1ccc(NC(=O)CS[C@@H](C)C(=O)NNC(=O)c2ccc3c(c2)OCO3)cc1. The molecule has 0 aliphatic carbocycles. The molecule has 3 N–H and O–H groups in total. The Morgan fingerprint density at radius 2 is 1.76 bits per heavy atom. The highest BCUT2D eigenvalue weighted by Gasteiger charge is 2.19. The Hall–Kier alpha value is -3.20. The minimum atomic E-state index is -0.532. The zero-order valence-corrected chi connectivity index (χ0v) is 16.8. The molecular weight excluding hydrogens is 394 g/mol. The van der Waals surface area contributed by atoms with Crippen LogP contribution in [0.4, 0.5) is 5.69 Å². The number of carbonyl (C=O) groups is 3. The summed E-state index contributed by atoms with van der Waals surface area (Å²) in [5.41, 5.74) is 6.85. The number of amides is 3. The molecule has 0 bridgehead atoms. The van der Waals surface area contributed by atoms with E-state index in [0.29, 0.717) is 22.7 Å². The van der Waals surface area contributed by atoms with Crippen LogP contribution >= 0.6 is 11.8 Å². The van der Waals surface area contributed by atoms with E-state index in [1.54, 1.807) is 19.1 Å². The molecule has 29 heavy (non-hydrogen) atoms. The topological polar surface area (TPSA) is 106 Å². The summed E-state index contributed by atoms with van der Waals surface area (Å²) in [4.78, 5) is 36.3. The van der Waals surface area contributed by atoms with Crippen molar-refractivity contribution in [3.05, 3.63) is 53.6 Å². The van der Waals surface area contributed by atoms with Gasteiger partial charge in [-0.15, -0.1) is 11.8 Å². The summed E-state index contributed by atoms with van der Waals surface area (Å²) >= 11 is 1.17. The molecule has 0 saturated carbocycles. The highest BCUT2D eigenvalue weighted by molar-refractivity contribution is 8.01. The molecule has 152 valence electrons. The fourth-order valence-electron chi connectivity index (χ4n) is 2.44. The number of fused-ring (bicyclic) bond motifs is 1. The van der Waals surface area contributed by atoms with Gasteiger partial charge in [-0.1, -0.05) is 17.7 Å². The average molecular weight is 415 g/mol. The number of anilines is 1. The lowest BCUT2D eigenvalue weighted by Crippen LogP contribution is -2.45. The molecule has 1 aliphatic rings. The molecule has 0 saturated heterocycles. The van der Waals surface area contributed by atoms with Crippen LogP contribution < -0.4 is 25.6 Å². The van der Waals surface area contributed by atoms with Crippen LogP contribution in [0.3, 0.4) is 0 Å². The van der Waals surface area contributed by atoms with Crippen LogP contribution in [0, 0.1) is 6.92 Å². The van der Waals surface area contributed by atoms with Crippen LogP contribution in [-0.2, 0) is 9.59 Å². The zero-order valence-electron chi connectivity index (χ0n) is 16.0. The first-order valence-corrected chi connectivity index (χ1v) is 9.95. The second-order valence-corrected chi connectivity index (χ2v) is 7.71. The van der Waals surface area contributed by atoms with E-state index in [-0.39, 0.29) is 18.5 Å². The van der Waals surface area contributed by atoms with Gasteiger partial charge in [0.2, 0.25) is 12.7 Å². The molecule has 3 amide bonds. The Bertz CT molecular complexity index is 917. The number of rotatable bonds is 6. The van der Waals surface area contributed by atoms with Gasteiger partial charge in [-0.05, 0) is 44.2 Å². The summed E-state index contributed by atoms with van der Waals surface area (Å²) < 4.78 is 10.4. The number of hydrogen-bond donors (Lipinski definition) is 3. The lowest BCUT2D eigenvalue weighted by molar-refractivity contribution is -0.121. The number of thioether (sulfide) groups is 1. The maximum absolute atomic E-state index is 12.2. The molecular formula is C20H21N3O5S. The van der Waals surface area contributed by atoms with E-state index in [9.17, 15) is 14.4 Å². The van der Waals surface area contributed by atoms with Crippen molar-refractivity contribution in [2.45, 2.75) is 19.1 Å². The third-order valence-corrected chi connectivity index (χ3v) is 5.25. The Labute approximate surface area is 172 Å². The predicted molar refractivity (Wildman–Crippen MR) is 110 cm³/mol. The summed E-state index contributed by atoms with van der Waals surface area (Å²) in [5, 5.41) is 2.24. The van der Waals surface area contributed by atoms with Crippen molar-refractivity contribution in [1.29, 1.82) is 0 Å². The van der Waals surface area contributed by atoms with Crippen LogP contribution in [0.25, 0.3) is 0 Å². The van der Waals surface area contributed by atoms with Crippen molar-refractivity contribution in [2.75, 3.05) is 17.9 Å². The van der Waals surface area contributed by atoms with Crippen LogP contribution in [-0.4, -0.2) is 35.5 Å². The highest BCUT2D eigenvalue weighted by Crippen LogP contribution is 2.32. The van der Waals surface area contributed by atoms with Crippen LogP contribution in [0.1, 0.15) is 22.8 Å². The van der Waals surface area contributed by atoms with Gasteiger partial charge in [0.1, 0.15) is 0 Å². The van der Waals surface area contributed by atoms with Crippen LogP contribution in [0.2, 0.25) is 0 Å². The standard InChI is InChI=1S/C20H21N3O5S/c1-12-3-6-15(7-4-12)21-18(24)10-29-13(2)19(25)22-23-20(26)14-5-8-16-17(9-14)28-11-27-16/h3-9,13H,10-11H2,1-2H3,(H,21,24)(H,22,25)(H,23,26)/t13-/m0/s1. The molecule has 0 fully saturated rings. The van der Waals surface area contributed by atoms with Gasteiger partial charge in [-0.3, -0.25) is 25.2 Å². The van der Waals surface area contributed by atoms with Crippen molar-refractivity contribution in [3.63, 3.8) is 0 Å². The van der Waals surface area contributed by atoms with Crippen molar-refractivity contribution >= 4 is 35.2 Å². The smallest absolute Gasteiger partial charge is 0.269 e. The fourth-order valence-corrected chi connectivity index (χ4v) is 3.12. The van der Waals surface area contributed by atoms with E-state index in [1.807, 2.05) is 31.2 Å². The van der Waals surface area contributed by atoms with Gasteiger partial charge in [0.05, 0.1) is 11.0 Å². The Kier molecular flexibility index (Phi) is 6.61. The normalized spacial score (nSPS) is 12.8. The monoisotopic (exact) mass is 415 g/mol. The third kappa shape index (κ3) is 5.64. The van der Waals surface area contributed by atoms with Gasteiger partial charge >= 0.3 is 0 Å². The molecule has 3 rings (SSSR count). The highest BCUT2D eigenvalue weighted by atomic mass is 32.2. The number of hydrogen-bond acceptors (Lipinski definition) is 6. The predicted octanol–water partition coefficient (Wildman–Crippen LogP) is 2.25. The van der Waals surface area contributed by atoms with Gasteiger partial charge in [-0.2, -0.15) is 0 Å². The van der Waals surface area contributed by atoms with Gasteiger partial charge < -0.3 is 14.8 Å². The van der Waals surface area contributed by atoms with Gasteiger partial charge in [0, 0.05) is 11.3 Å². The van der Waals surface area contributed by atoms with E-state index in [4.69, 9.17) is 9.47 Å². The lowest BCUT2D eigenvalue weighted by Gasteiger charge is -2.13. The quantitative estimate of drug-likeness (QED) is 0.625. The molecule has 0 aromatic heterocycles. The summed E-state index contributed by atoms with van der Waals surface area (Å²) in [6.45, 7) is 3.74. The zero-order chi connectivity index (χ0) is 20.8. The lowest BCUT2D eigenvalue weighted by atomic mass is 10.2. The number of nitrogens with one attached hydrogen (secondary N) is 3. The minimum absolute atomic E-state index is 0.110. The molecule has 0 spiro atoms. The average Bonchev–Trinajstić information content (AvgIpc) is 3.19. The number of aryl methyl sites for hydroxylation is 1. The van der Waals surface area contributed by atoms with E-state index in [0.717, 1.165) is 5.56 Å². The first kappa shape index (κ1) is 20.5. The van der Waals surface area contributed by atoms with E-state index in [2.05, 4.69) is 16.2 Å². The third-order valence-electron chi connectivity index (χ3n) is 4.10. The molecule has 1 aliphatic heterocycles. The molecule has 1 heterocycles. The second-order valence-electron chi connectivity index (χ2n) is 6.38. The van der Waals surface area contributed by atoms with Crippen molar-refractivity contribution in [2.24, 2.45) is 0 Å². The molecule has 2 aromatic rings. The molecule has 0 radical (unpaired) electrons. The summed E-state index contributed by atoms with van der Waals surface area (Å²) in [7, 11) is 0. The Morgan fingerprint density at radius 1 is 1.03 bits per heavy atom. The number of benzene rings is 2. The fraction of sp³-hybridized carbons (Fsp3) is 0.250.